The zero-order chi connectivity index (χ0) is 17.6. The van der Waals surface area contributed by atoms with Crippen LogP contribution in [-0.4, -0.2) is 36.5 Å². The van der Waals surface area contributed by atoms with Gasteiger partial charge in [0.1, 0.15) is 10.5 Å². The molecule has 2 N–H and O–H groups in total. The summed E-state index contributed by atoms with van der Waals surface area (Å²) < 4.78 is 2.05. The summed E-state index contributed by atoms with van der Waals surface area (Å²) in [5.41, 5.74) is 2.58. The Hall–Kier alpha value is -2.78. The molecule has 4 aromatic heterocycles. The molecule has 0 aliphatic heterocycles. The third-order valence-electron chi connectivity index (χ3n) is 3.85. The van der Waals surface area contributed by atoms with Gasteiger partial charge in [-0.3, -0.25) is 19.6 Å². The van der Waals surface area contributed by atoms with Gasteiger partial charge in [0.25, 0.3) is 11.1 Å². The molecule has 0 bridgehead atoms. The van der Waals surface area contributed by atoms with Gasteiger partial charge in [0.15, 0.2) is 5.65 Å². The molecule has 0 aliphatic carbocycles. The first kappa shape index (κ1) is 15.7. The Labute approximate surface area is 145 Å². The van der Waals surface area contributed by atoms with Crippen LogP contribution in [0.1, 0.15) is 17.2 Å². The number of aromatic nitrogens is 5. The number of thiophene rings is 1. The minimum Gasteiger partial charge on any atom is -0.308 e. The van der Waals surface area contributed by atoms with Crippen LogP contribution in [0.4, 0.5) is 0 Å². The maximum Gasteiger partial charge on any atom is 0.272 e. The highest BCUT2D eigenvalue weighted by Gasteiger charge is 2.10. The molecule has 128 valence electrons. The van der Waals surface area contributed by atoms with Gasteiger partial charge in [-0.05, 0) is 25.4 Å². The van der Waals surface area contributed by atoms with Crippen molar-refractivity contribution in [3.05, 3.63) is 61.5 Å². The van der Waals surface area contributed by atoms with E-state index >= 15 is 0 Å². The average Bonchev–Trinajstić information content (AvgIpc) is 3.13. The van der Waals surface area contributed by atoms with Crippen molar-refractivity contribution >= 4 is 27.2 Å². The van der Waals surface area contributed by atoms with E-state index in [4.69, 9.17) is 0 Å². The summed E-state index contributed by atoms with van der Waals surface area (Å²) in [6.45, 7) is 2.80. The highest BCUT2D eigenvalue weighted by atomic mass is 32.1. The molecule has 0 aromatic carbocycles. The van der Waals surface area contributed by atoms with Crippen molar-refractivity contribution in [2.75, 3.05) is 7.05 Å². The number of H-pyrrole nitrogens is 2. The molecule has 0 unspecified atom stereocenters. The van der Waals surface area contributed by atoms with Gasteiger partial charge in [0.2, 0.25) is 0 Å². The normalized spacial score (nSPS) is 11.8. The predicted molar refractivity (Wildman–Crippen MR) is 96.0 cm³/mol. The zero-order valence-electron chi connectivity index (χ0n) is 13.7. The van der Waals surface area contributed by atoms with Crippen LogP contribution in [0, 0.1) is 6.92 Å². The first-order valence-corrected chi connectivity index (χ1v) is 8.61. The topological polar surface area (TPSA) is 99.2 Å². The van der Waals surface area contributed by atoms with Crippen molar-refractivity contribution in [3.63, 3.8) is 0 Å². The van der Waals surface area contributed by atoms with Gasteiger partial charge >= 0.3 is 0 Å². The van der Waals surface area contributed by atoms with Crippen molar-refractivity contribution in [1.82, 2.24) is 29.5 Å². The predicted octanol–water partition coefficient (Wildman–Crippen LogP) is 1.26. The lowest BCUT2D eigenvalue weighted by Gasteiger charge is -2.15. The molecule has 25 heavy (non-hydrogen) atoms. The second-order valence-corrected chi connectivity index (χ2v) is 6.95. The Morgan fingerprint density at radius 3 is 2.92 bits per heavy atom. The van der Waals surface area contributed by atoms with Gasteiger partial charge in [0, 0.05) is 24.4 Å². The number of hydrogen-bond acceptors (Lipinski definition) is 6. The maximum absolute atomic E-state index is 12.1. The van der Waals surface area contributed by atoms with Crippen LogP contribution in [0.25, 0.3) is 15.9 Å². The van der Waals surface area contributed by atoms with Crippen LogP contribution >= 0.6 is 11.3 Å². The summed E-state index contributed by atoms with van der Waals surface area (Å²) in [5, 5.41) is 4.80. The number of hydrogen-bond donors (Lipinski definition) is 2. The number of nitrogens with one attached hydrogen (secondary N) is 2. The van der Waals surface area contributed by atoms with Crippen LogP contribution < -0.4 is 11.1 Å². The SMILES string of the molecule is Cc1cc2nc(CN(C)Cc3nc4ccsc4c(=O)[nH]3)cc(=O)n2[nH]1. The molecule has 4 heterocycles. The summed E-state index contributed by atoms with van der Waals surface area (Å²) >= 11 is 1.38. The molecule has 0 fully saturated rings. The van der Waals surface area contributed by atoms with E-state index in [1.165, 1.54) is 21.9 Å². The minimum atomic E-state index is -0.146. The van der Waals surface area contributed by atoms with Gasteiger partial charge in [-0.2, -0.15) is 0 Å². The van der Waals surface area contributed by atoms with Gasteiger partial charge < -0.3 is 4.98 Å². The highest BCUT2D eigenvalue weighted by molar-refractivity contribution is 7.17. The van der Waals surface area contributed by atoms with Crippen LogP contribution in [0.5, 0.6) is 0 Å². The molecule has 0 spiro atoms. The first-order chi connectivity index (χ1) is 12.0. The lowest BCUT2D eigenvalue weighted by Crippen LogP contribution is -2.24. The Morgan fingerprint density at radius 2 is 2.08 bits per heavy atom. The van der Waals surface area contributed by atoms with Crippen LogP contribution in [0.2, 0.25) is 0 Å². The lowest BCUT2D eigenvalue weighted by atomic mass is 10.3. The fourth-order valence-corrected chi connectivity index (χ4v) is 3.55. The molecule has 4 rings (SSSR count). The van der Waals surface area contributed by atoms with E-state index in [2.05, 4.69) is 20.1 Å². The van der Waals surface area contributed by atoms with E-state index in [1.54, 1.807) is 0 Å². The molecule has 0 saturated heterocycles. The average molecular weight is 356 g/mol. The largest absolute Gasteiger partial charge is 0.308 e. The highest BCUT2D eigenvalue weighted by Crippen LogP contribution is 2.14. The fourth-order valence-electron chi connectivity index (χ4n) is 2.83. The smallest absolute Gasteiger partial charge is 0.272 e. The number of fused-ring (bicyclic) bond motifs is 2. The van der Waals surface area contributed by atoms with Crippen molar-refractivity contribution in [3.8, 4) is 0 Å². The molecular formula is C16H16N6O2S. The first-order valence-electron chi connectivity index (χ1n) is 7.73. The van der Waals surface area contributed by atoms with E-state index in [-0.39, 0.29) is 11.1 Å². The monoisotopic (exact) mass is 356 g/mol. The van der Waals surface area contributed by atoms with Gasteiger partial charge in [-0.15, -0.1) is 11.3 Å². The Balaban J connectivity index is 1.58. The number of aromatic amines is 2. The number of rotatable bonds is 4. The van der Waals surface area contributed by atoms with Crippen molar-refractivity contribution in [1.29, 1.82) is 0 Å². The number of nitrogens with zero attached hydrogens (tertiary/aromatic N) is 4. The van der Waals surface area contributed by atoms with E-state index in [0.29, 0.717) is 40.5 Å². The molecule has 0 aliphatic rings. The third-order valence-corrected chi connectivity index (χ3v) is 4.75. The summed E-state index contributed by atoms with van der Waals surface area (Å²) in [6.07, 6.45) is 0. The molecule has 0 atom stereocenters. The molecule has 4 aromatic rings. The van der Waals surface area contributed by atoms with Crippen LogP contribution in [0.15, 0.2) is 33.2 Å². The zero-order valence-corrected chi connectivity index (χ0v) is 14.6. The van der Waals surface area contributed by atoms with E-state index in [0.717, 1.165) is 5.69 Å². The second kappa shape index (κ2) is 5.94. The summed E-state index contributed by atoms with van der Waals surface area (Å²) in [4.78, 5) is 37.9. The van der Waals surface area contributed by atoms with Crippen molar-refractivity contribution in [2.24, 2.45) is 0 Å². The second-order valence-electron chi connectivity index (χ2n) is 6.04. The van der Waals surface area contributed by atoms with E-state index in [9.17, 15) is 9.59 Å². The molecule has 0 radical (unpaired) electrons. The summed E-state index contributed by atoms with van der Waals surface area (Å²) in [5.74, 6) is 0.591. The Kier molecular flexibility index (Phi) is 3.74. The third kappa shape index (κ3) is 2.99. The van der Waals surface area contributed by atoms with Gasteiger partial charge in [-0.25, -0.2) is 14.5 Å². The standard InChI is InChI=1S/C16H16N6O2S/c1-9-5-13-17-10(6-14(23)22(13)20-9)7-21(2)8-12-18-11-3-4-25-15(11)16(24)19-12/h3-6,20H,7-8H2,1-2H3,(H,18,19,24). The molecule has 0 saturated carbocycles. The lowest BCUT2D eigenvalue weighted by molar-refractivity contribution is 0.307. The molecule has 8 nitrogen and oxygen atoms in total. The number of aryl methyl sites for hydroxylation is 1. The van der Waals surface area contributed by atoms with Gasteiger partial charge in [-0.1, -0.05) is 0 Å². The van der Waals surface area contributed by atoms with E-state index in [1.807, 2.05) is 36.4 Å². The summed E-state index contributed by atoms with van der Waals surface area (Å²) in [6, 6.07) is 5.18. The summed E-state index contributed by atoms with van der Waals surface area (Å²) in [7, 11) is 1.89. The Morgan fingerprint density at radius 1 is 1.24 bits per heavy atom. The maximum atomic E-state index is 12.1. The van der Waals surface area contributed by atoms with Crippen molar-refractivity contribution in [2.45, 2.75) is 20.0 Å². The fraction of sp³-hybridized carbons (Fsp3) is 0.250. The molecule has 9 heteroatoms. The quantitative estimate of drug-likeness (QED) is 0.573. The minimum absolute atomic E-state index is 0.121. The molecular weight excluding hydrogens is 340 g/mol. The van der Waals surface area contributed by atoms with E-state index < -0.39 is 0 Å². The van der Waals surface area contributed by atoms with Crippen molar-refractivity contribution < 1.29 is 0 Å². The van der Waals surface area contributed by atoms with Crippen LogP contribution in [0.3, 0.4) is 0 Å². The van der Waals surface area contributed by atoms with Crippen LogP contribution in [-0.2, 0) is 13.1 Å². The van der Waals surface area contributed by atoms with Gasteiger partial charge in [0.05, 0.1) is 17.8 Å². The Bertz CT molecular complexity index is 1180. The molecule has 0 amide bonds.